The molecule has 0 N–H and O–H groups in total. The van der Waals surface area contributed by atoms with Crippen LogP contribution in [0.1, 0.15) is 93.4 Å². The van der Waals surface area contributed by atoms with E-state index in [1.54, 1.807) is 11.8 Å². The molecule has 5 heteroatoms. The Morgan fingerprint density at radius 1 is 0.903 bits per heavy atom. The smallest absolute Gasteiger partial charge is 0.230 e. The Kier molecular flexibility index (Phi) is 14.5. The van der Waals surface area contributed by atoms with Gasteiger partial charge in [-0.25, -0.2) is 0 Å². The van der Waals surface area contributed by atoms with Crippen LogP contribution in [-0.2, 0) is 0 Å². The van der Waals surface area contributed by atoms with Crippen molar-refractivity contribution in [2.75, 3.05) is 0 Å². The summed E-state index contributed by atoms with van der Waals surface area (Å²) < 4.78 is 6.44. The van der Waals surface area contributed by atoms with Gasteiger partial charge in [-0.05, 0) is 75.9 Å². The molecule has 176 valence electrons. The highest BCUT2D eigenvalue weighted by Crippen LogP contribution is 2.52. The molecule has 1 nitrogen and oxygen atoms in total. The molecule has 0 unspecified atom stereocenters. The molecule has 0 saturated carbocycles. The maximum atomic E-state index is 5.86. The van der Waals surface area contributed by atoms with Gasteiger partial charge in [0.25, 0.3) is 0 Å². The molecule has 0 amide bonds. The normalized spacial score (nSPS) is 12.8. The summed E-state index contributed by atoms with van der Waals surface area (Å²) in [5.41, 5.74) is 2.22. The van der Waals surface area contributed by atoms with Crippen molar-refractivity contribution in [3.63, 3.8) is 0 Å². The largest absolute Gasteiger partial charge is 0.440 e. The van der Waals surface area contributed by atoms with E-state index >= 15 is 0 Å². The topological polar surface area (TPSA) is 9.23 Å². The van der Waals surface area contributed by atoms with E-state index in [2.05, 4.69) is 65.1 Å². The Hall–Kier alpha value is -0.233. The van der Waals surface area contributed by atoms with Crippen LogP contribution >= 0.6 is 35.2 Å². The van der Waals surface area contributed by atoms with Gasteiger partial charge in [0.05, 0.1) is 0 Å². The van der Waals surface area contributed by atoms with E-state index in [0.717, 1.165) is 22.4 Å². The molecule has 0 fully saturated rings. The molecule has 0 saturated heterocycles. The molecule has 0 bridgehead atoms. The van der Waals surface area contributed by atoms with Crippen LogP contribution in [0.25, 0.3) is 0 Å². The number of thioether (sulfide) groups is 1. The minimum absolute atomic E-state index is 0.582. The van der Waals surface area contributed by atoms with Gasteiger partial charge in [0.1, 0.15) is 13.0 Å². The van der Waals surface area contributed by atoms with Crippen LogP contribution in [0.2, 0.25) is 16.6 Å². The van der Waals surface area contributed by atoms with Gasteiger partial charge in [-0.15, -0.1) is 0 Å². The van der Waals surface area contributed by atoms with Crippen molar-refractivity contribution in [2.24, 2.45) is 0 Å². The van der Waals surface area contributed by atoms with Gasteiger partial charge in [-0.3, -0.25) is 0 Å². The van der Waals surface area contributed by atoms with Crippen molar-refractivity contribution in [1.29, 1.82) is 0 Å². The molecule has 1 rings (SSSR count). The summed E-state index contributed by atoms with van der Waals surface area (Å²) in [5.74, 6) is 0.814. The lowest BCUT2D eigenvalue weighted by molar-refractivity contribution is 0.579. The van der Waals surface area contributed by atoms with Gasteiger partial charge < -0.3 is 4.74 Å². The zero-order valence-electron chi connectivity index (χ0n) is 20.8. The predicted octanol–water partition coefficient (Wildman–Crippen LogP) is 10.6. The van der Waals surface area contributed by atoms with Gasteiger partial charge in [0.15, 0.2) is 0 Å². The van der Waals surface area contributed by atoms with Gasteiger partial charge in [-0.1, -0.05) is 98.8 Å². The lowest BCUT2D eigenvalue weighted by Gasteiger charge is -2.42. The number of unbranched alkanes of at least 4 members (excludes halogenated alkanes) is 5. The van der Waals surface area contributed by atoms with E-state index in [9.17, 15) is 0 Å². The average Bonchev–Trinajstić information content (AvgIpc) is 2.71. The second-order valence-electron chi connectivity index (χ2n) is 9.30. The lowest BCUT2D eigenvalue weighted by atomic mass is 10.1. The fourth-order valence-corrected chi connectivity index (χ4v) is 15.2. The molecule has 0 spiro atoms. The van der Waals surface area contributed by atoms with E-state index in [0.29, 0.717) is 4.38 Å². The highest BCUT2D eigenvalue weighted by atomic mass is 32.4. The number of benzene rings is 1. The second kappa shape index (κ2) is 15.6. The summed E-state index contributed by atoms with van der Waals surface area (Å²) in [4.78, 5) is 1.52. The van der Waals surface area contributed by atoms with Crippen molar-refractivity contribution in [1.82, 2.24) is 0 Å². The standard InChI is InChI=1S/C26H44OS3Si/c1-8-9-10-11-12-16-19-25(30-31(21(2)3,22(4)5)23(6)7)20-29-26(28)27-24-17-14-13-15-18-24/h13-15,17-18,20-23H,8-12,16,19H2,1-7H3/b25-20-. The van der Waals surface area contributed by atoms with Crippen LogP contribution in [0, 0.1) is 0 Å². The number of ether oxygens (including phenoxy) is 1. The molecule has 1 aromatic rings. The van der Waals surface area contributed by atoms with Crippen molar-refractivity contribution >= 4 is 46.8 Å². The van der Waals surface area contributed by atoms with E-state index in [4.69, 9.17) is 17.0 Å². The predicted molar refractivity (Wildman–Crippen MR) is 152 cm³/mol. The number of thiocarbonyl (C=S) groups is 1. The highest BCUT2D eigenvalue weighted by molar-refractivity contribution is 8.32. The molecule has 0 aliphatic heterocycles. The quantitative estimate of drug-likeness (QED) is 0.144. The Balaban J connectivity index is 2.90. The minimum Gasteiger partial charge on any atom is -0.440 e. The van der Waals surface area contributed by atoms with Crippen LogP contribution in [0.4, 0.5) is 0 Å². The third-order valence-corrected chi connectivity index (χ3v) is 19.7. The molecule has 0 atom stereocenters. The Bertz CT molecular complexity index is 634. The average molecular weight is 497 g/mol. The van der Waals surface area contributed by atoms with E-state index in [1.165, 1.54) is 49.9 Å². The zero-order valence-corrected chi connectivity index (χ0v) is 24.2. The van der Waals surface area contributed by atoms with Crippen LogP contribution < -0.4 is 4.74 Å². The first-order valence-corrected chi connectivity index (χ1v) is 17.1. The van der Waals surface area contributed by atoms with Crippen LogP contribution in [0.5, 0.6) is 5.75 Å². The number of hydrogen-bond acceptors (Lipinski definition) is 4. The van der Waals surface area contributed by atoms with E-state index in [-0.39, 0.29) is 0 Å². The van der Waals surface area contributed by atoms with Crippen molar-refractivity contribution in [3.05, 3.63) is 40.6 Å². The first-order chi connectivity index (χ1) is 14.7. The van der Waals surface area contributed by atoms with Crippen molar-refractivity contribution in [2.45, 2.75) is 110 Å². The summed E-state index contributed by atoms with van der Waals surface area (Å²) >= 11 is 9.35. The number of allylic oxidation sites excluding steroid dienone is 1. The SMILES string of the molecule is CCCCCCCC/C(=C/SC(=S)Oc1ccccc1)S[Si](C(C)C)(C(C)C)C(C)C. The van der Waals surface area contributed by atoms with Gasteiger partial charge >= 0.3 is 0 Å². The Morgan fingerprint density at radius 2 is 1.45 bits per heavy atom. The van der Waals surface area contributed by atoms with Crippen molar-refractivity contribution < 1.29 is 4.74 Å². The maximum absolute atomic E-state index is 5.86. The summed E-state index contributed by atoms with van der Waals surface area (Å²) in [6, 6.07) is 9.86. The van der Waals surface area contributed by atoms with Gasteiger partial charge in [-0.2, -0.15) is 11.2 Å². The molecule has 0 aromatic heterocycles. The summed E-state index contributed by atoms with van der Waals surface area (Å²) in [6.45, 7) is 16.9. The van der Waals surface area contributed by atoms with Gasteiger partial charge in [0.2, 0.25) is 4.38 Å². The lowest BCUT2D eigenvalue weighted by Crippen LogP contribution is -2.41. The first-order valence-electron chi connectivity index (χ1n) is 12.1. The molecule has 0 aliphatic rings. The fraction of sp³-hybridized carbons (Fsp3) is 0.654. The summed E-state index contributed by atoms with van der Waals surface area (Å²) in [6.07, 6.45) is 9.16. The Labute approximate surface area is 207 Å². The zero-order chi connectivity index (χ0) is 23.3. The van der Waals surface area contributed by atoms with Crippen molar-refractivity contribution in [3.8, 4) is 5.75 Å². The molecule has 0 radical (unpaired) electrons. The van der Waals surface area contributed by atoms with Crippen LogP contribution in [-0.4, -0.2) is 11.6 Å². The second-order valence-corrected chi connectivity index (χ2v) is 19.4. The third-order valence-electron chi connectivity index (χ3n) is 6.02. The fourth-order valence-electron chi connectivity index (χ4n) is 4.52. The van der Waals surface area contributed by atoms with E-state index in [1.807, 2.05) is 30.3 Å². The molecule has 0 aliphatic carbocycles. The molecule has 0 heterocycles. The minimum atomic E-state index is -1.57. The maximum Gasteiger partial charge on any atom is 0.230 e. The summed E-state index contributed by atoms with van der Waals surface area (Å²) in [7, 11) is -1.57. The van der Waals surface area contributed by atoms with E-state index < -0.39 is 7.22 Å². The number of para-hydroxylation sites is 1. The third kappa shape index (κ3) is 10.1. The van der Waals surface area contributed by atoms with Crippen LogP contribution in [0.3, 0.4) is 0 Å². The highest BCUT2D eigenvalue weighted by Gasteiger charge is 2.44. The molecular formula is C26H44OS3Si. The van der Waals surface area contributed by atoms with Crippen LogP contribution in [0.15, 0.2) is 40.6 Å². The number of rotatable bonds is 14. The Morgan fingerprint density at radius 3 is 2.00 bits per heavy atom. The number of hydrogen-bond donors (Lipinski definition) is 0. The molecule has 31 heavy (non-hydrogen) atoms. The van der Waals surface area contributed by atoms with Gasteiger partial charge in [0, 0.05) is 0 Å². The summed E-state index contributed by atoms with van der Waals surface area (Å²) in [5, 5.41) is 2.30. The first kappa shape index (κ1) is 28.8. The molecule has 1 aromatic carbocycles. The monoisotopic (exact) mass is 496 g/mol. The molecular weight excluding hydrogens is 453 g/mol.